The number of amides is 2. The van der Waals surface area contributed by atoms with Crippen molar-refractivity contribution in [2.24, 2.45) is 0 Å². The van der Waals surface area contributed by atoms with Gasteiger partial charge in [-0.1, -0.05) is 55.1 Å². The van der Waals surface area contributed by atoms with Gasteiger partial charge in [0.1, 0.15) is 11.6 Å². The Kier molecular flexibility index (Phi) is 10.1. The number of carbonyl (C=O) groups is 3. The van der Waals surface area contributed by atoms with E-state index in [4.69, 9.17) is 9.47 Å². The summed E-state index contributed by atoms with van der Waals surface area (Å²) in [6, 6.07) is 16.1. The highest BCUT2D eigenvalue weighted by molar-refractivity contribution is 5.87. The Labute approximate surface area is 229 Å². The maximum Gasteiger partial charge on any atom is 0.408 e. The van der Waals surface area contributed by atoms with Gasteiger partial charge in [-0.25, -0.2) is 9.59 Å². The number of methoxy groups -OCH3 is 1. The number of hydrogen-bond acceptors (Lipinski definition) is 5. The number of rotatable bonds is 11. The first kappa shape index (κ1) is 29.3. The molecule has 3 aromatic rings. The van der Waals surface area contributed by atoms with Crippen LogP contribution >= 0.6 is 0 Å². The lowest BCUT2D eigenvalue weighted by molar-refractivity contribution is -0.145. The third-order valence-corrected chi connectivity index (χ3v) is 6.16. The van der Waals surface area contributed by atoms with Crippen LogP contribution < -0.4 is 10.6 Å². The molecule has 0 bridgehead atoms. The predicted molar refractivity (Wildman–Crippen MR) is 151 cm³/mol. The number of benzene rings is 2. The standard InChI is InChI=1S/C31H37N3O5/c1-6-22(26(18-21-12-8-7-9-13-21)34-30(37)39-31(2,3)4)16-17-28(35)33-27(29(36)38-5)19-23-20-32-25-15-11-10-14-24(23)25/h7-15,20,26-27,32H,1,16-19H2,2-5H3,(H,33,35)(H,34,37)/t26-,27-/m0/s1. The van der Waals surface area contributed by atoms with Gasteiger partial charge in [-0.2, -0.15) is 0 Å². The van der Waals surface area contributed by atoms with Crippen molar-refractivity contribution in [2.45, 2.75) is 64.1 Å². The first-order chi connectivity index (χ1) is 18.6. The minimum Gasteiger partial charge on any atom is -0.467 e. The molecule has 0 radical (unpaired) electrons. The van der Waals surface area contributed by atoms with Gasteiger partial charge in [-0.15, -0.1) is 5.73 Å². The fourth-order valence-electron chi connectivity index (χ4n) is 4.32. The number of aromatic nitrogens is 1. The summed E-state index contributed by atoms with van der Waals surface area (Å²) in [4.78, 5) is 41.3. The summed E-state index contributed by atoms with van der Waals surface area (Å²) in [6.07, 6.45) is 2.38. The van der Waals surface area contributed by atoms with Crippen molar-refractivity contribution in [1.82, 2.24) is 15.6 Å². The Morgan fingerprint density at radius 2 is 1.64 bits per heavy atom. The molecule has 3 N–H and O–H groups in total. The number of nitrogens with one attached hydrogen (secondary N) is 3. The minimum absolute atomic E-state index is 0.0700. The molecule has 0 saturated carbocycles. The summed E-state index contributed by atoms with van der Waals surface area (Å²) >= 11 is 0. The highest BCUT2D eigenvalue weighted by Crippen LogP contribution is 2.20. The molecule has 2 atom stereocenters. The average molecular weight is 532 g/mol. The number of H-pyrrole nitrogens is 1. The van der Waals surface area contributed by atoms with Crippen LogP contribution in [-0.4, -0.2) is 47.7 Å². The van der Waals surface area contributed by atoms with Crippen LogP contribution in [-0.2, 0) is 31.9 Å². The topological polar surface area (TPSA) is 110 Å². The molecule has 0 fully saturated rings. The number of aromatic amines is 1. The van der Waals surface area contributed by atoms with Gasteiger partial charge in [0.2, 0.25) is 5.91 Å². The summed E-state index contributed by atoms with van der Waals surface area (Å²) in [5, 5.41) is 6.69. The van der Waals surface area contributed by atoms with E-state index in [1.165, 1.54) is 7.11 Å². The molecule has 0 aliphatic carbocycles. The lowest BCUT2D eigenvalue weighted by Gasteiger charge is -2.25. The van der Waals surface area contributed by atoms with E-state index < -0.39 is 29.7 Å². The van der Waals surface area contributed by atoms with Gasteiger partial charge >= 0.3 is 12.1 Å². The quantitative estimate of drug-likeness (QED) is 0.238. The van der Waals surface area contributed by atoms with Crippen molar-refractivity contribution in [3.8, 4) is 0 Å². The molecule has 206 valence electrons. The van der Waals surface area contributed by atoms with E-state index in [0.717, 1.165) is 22.0 Å². The van der Waals surface area contributed by atoms with Crippen LogP contribution in [0.3, 0.4) is 0 Å². The zero-order valence-electron chi connectivity index (χ0n) is 23.0. The lowest BCUT2D eigenvalue weighted by Crippen LogP contribution is -2.43. The normalized spacial score (nSPS) is 12.6. The van der Waals surface area contributed by atoms with E-state index in [1.54, 1.807) is 20.8 Å². The van der Waals surface area contributed by atoms with Crippen molar-refractivity contribution in [1.29, 1.82) is 0 Å². The molecule has 2 aromatic carbocycles. The van der Waals surface area contributed by atoms with E-state index >= 15 is 0 Å². The molecule has 2 amide bonds. The molecule has 0 spiro atoms. The zero-order valence-corrected chi connectivity index (χ0v) is 23.0. The first-order valence-corrected chi connectivity index (χ1v) is 12.9. The number of para-hydroxylation sites is 1. The van der Waals surface area contributed by atoms with Crippen LogP contribution in [0, 0.1) is 0 Å². The Balaban J connectivity index is 1.69. The van der Waals surface area contributed by atoms with Gasteiger partial charge in [0, 0.05) is 29.9 Å². The molecule has 0 unspecified atom stereocenters. The van der Waals surface area contributed by atoms with Crippen molar-refractivity contribution in [3.63, 3.8) is 0 Å². The van der Waals surface area contributed by atoms with Gasteiger partial charge in [0.05, 0.1) is 13.2 Å². The number of alkyl carbamates (subject to hydrolysis) is 1. The zero-order chi connectivity index (χ0) is 28.4. The number of fused-ring (bicyclic) bond motifs is 1. The van der Waals surface area contributed by atoms with Crippen LogP contribution in [0.1, 0.15) is 44.7 Å². The summed E-state index contributed by atoms with van der Waals surface area (Å²) in [7, 11) is 1.30. The summed E-state index contributed by atoms with van der Waals surface area (Å²) in [5.74, 6) is -0.851. The van der Waals surface area contributed by atoms with E-state index in [-0.39, 0.29) is 25.2 Å². The Morgan fingerprint density at radius 3 is 2.31 bits per heavy atom. The van der Waals surface area contributed by atoms with Crippen LogP contribution in [0.25, 0.3) is 10.9 Å². The van der Waals surface area contributed by atoms with Crippen molar-refractivity contribution in [3.05, 3.63) is 89.8 Å². The molecule has 0 aliphatic rings. The van der Waals surface area contributed by atoms with Crippen LogP contribution in [0.5, 0.6) is 0 Å². The van der Waals surface area contributed by atoms with E-state index in [2.05, 4.69) is 27.9 Å². The molecule has 8 nitrogen and oxygen atoms in total. The first-order valence-electron chi connectivity index (χ1n) is 12.9. The predicted octanol–water partition coefficient (Wildman–Crippen LogP) is 5.00. The Bertz CT molecular complexity index is 1330. The van der Waals surface area contributed by atoms with Gasteiger partial charge < -0.3 is 25.1 Å². The van der Waals surface area contributed by atoms with Gasteiger partial charge in [-0.3, -0.25) is 4.79 Å². The van der Waals surface area contributed by atoms with E-state index in [0.29, 0.717) is 12.0 Å². The maximum atomic E-state index is 13.0. The fraction of sp³-hybridized carbons (Fsp3) is 0.355. The third kappa shape index (κ3) is 8.90. The van der Waals surface area contributed by atoms with Crippen molar-refractivity contribution < 1.29 is 23.9 Å². The Morgan fingerprint density at radius 1 is 0.949 bits per heavy atom. The smallest absolute Gasteiger partial charge is 0.408 e. The monoisotopic (exact) mass is 531 g/mol. The van der Waals surface area contributed by atoms with Gasteiger partial charge in [0.25, 0.3) is 0 Å². The molecule has 0 aliphatic heterocycles. The molecule has 3 rings (SSSR count). The average Bonchev–Trinajstić information content (AvgIpc) is 3.30. The number of carbonyl (C=O) groups excluding carboxylic acids is 3. The minimum atomic E-state index is -0.849. The fourth-order valence-corrected chi connectivity index (χ4v) is 4.32. The van der Waals surface area contributed by atoms with E-state index in [9.17, 15) is 14.4 Å². The molecular weight excluding hydrogens is 494 g/mol. The maximum absolute atomic E-state index is 13.0. The largest absolute Gasteiger partial charge is 0.467 e. The number of hydrogen-bond donors (Lipinski definition) is 3. The third-order valence-electron chi connectivity index (χ3n) is 6.16. The highest BCUT2D eigenvalue weighted by Gasteiger charge is 2.25. The summed E-state index contributed by atoms with van der Waals surface area (Å²) in [6.45, 7) is 9.18. The van der Waals surface area contributed by atoms with Crippen molar-refractivity contribution >= 4 is 28.9 Å². The SMILES string of the molecule is C=C=C(CCC(=O)N[C@@H](Cc1c[nH]c2ccccc12)C(=O)OC)[C@H](Cc1ccccc1)NC(=O)OC(C)(C)C. The van der Waals surface area contributed by atoms with Crippen LogP contribution in [0.4, 0.5) is 4.79 Å². The highest BCUT2D eigenvalue weighted by atomic mass is 16.6. The molecule has 8 heteroatoms. The second kappa shape index (κ2) is 13.5. The summed E-state index contributed by atoms with van der Waals surface area (Å²) in [5.41, 5.74) is 5.76. The molecule has 1 heterocycles. The Hall–Kier alpha value is -4.29. The van der Waals surface area contributed by atoms with Crippen molar-refractivity contribution in [2.75, 3.05) is 7.11 Å². The van der Waals surface area contributed by atoms with Gasteiger partial charge in [-0.05, 0) is 56.4 Å². The summed E-state index contributed by atoms with van der Waals surface area (Å²) < 4.78 is 10.4. The van der Waals surface area contributed by atoms with E-state index in [1.807, 2.05) is 60.8 Å². The number of esters is 1. The second-order valence-electron chi connectivity index (χ2n) is 10.3. The van der Waals surface area contributed by atoms with Crippen LogP contribution in [0.2, 0.25) is 0 Å². The second-order valence-corrected chi connectivity index (χ2v) is 10.3. The molecular formula is C31H37N3O5. The number of ether oxygens (including phenoxy) is 2. The van der Waals surface area contributed by atoms with Gasteiger partial charge in [0.15, 0.2) is 0 Å². The molecule has 0 saturated heterocycles. The molecule has 1 aromatic heterocycles. The van der Waals surface area contributed by atoms with Crippen LogP contribution in [0.15, 0.2) is 78.7 Å². The lowest BCUT2D eigenvalue weighted by atomic mass is 9.96. The molecule has 39 heavy (non-hydrogen) atoms.